The summed E-state index contributed by atoms with van der Waals surface area (Å²) in [7, 11) is 2.12. The van der Waals surface area contributed by atoms with Gasteiger partial charge in [0.15, 0.2) is 0 Å². The van der Waals surface area contributed by atoms with Gasteiger partial charge < -0.3 is 30.6 Å². The van der Waals surface area contributed by atoms with Gasteiger partial charge in [0, 0.05) is 44.0 Å². The molecule has 32 heavy (non-hydrogen) atoms. The Kier molecular flexibility index (Phi) is 9.31. The maximum atomic E-state index is 12.0. The minimum atomic E-state index is -1.23. The van der Waals surface area contributed by atoms with E-state index in [9.17, 15) is 9.90 Å². The number of halogens is 1. The van der Waals surface area contributed by atoms with E-state index in [2.05, 4.69) is 22.2 Å². The van der Waals surface area contributed by atoms with Crippen LogP contribution in [0.2, 0.25) is 0 Å². The average Bonchev–Trinajstić information content (AvgIpc) is 2.74. The molecule has 174 valence electrons. The van der Waals surface area contributed by atoms with Crippen molar-refractivity contribution >= 4 is 29.9 Å². The van der Waals surface area contributed by atoms with Crippen LogP contribution in [0.1, 0.15) is 29.7 Å². The van der Waals surface area contributed by atoms with E-state index in [1.807, 2.05) is 19.1 Å². The highest BCUT2D eigenvalue weighted by Gasteiger charge is 2.18. The minimum Gasteiger partial charge on any atom is -0.548 e. The van der Waals surface area contributed by atoms with Crippen LogP contribution in [0.15, 0.2) is 42.5 Å². The number of benzene rings is 2. The van der Waals surface area contributed by atoms with Gasteiger partial charge in [-0.2, -0.15) is 0 Å². The number of nitrogens with two attached hydrogens (primary N) is 1. The van der Waals surface area contributed by atoms with Crippen LogP contribution in [0.5, 0.6) is 5.75 Å². The van der Waals surface area contributed by atoms with Crippen molar-refractivity contribution in [1.29, 1.82) is 5.41 Å². The predicted octanol–water partition coefficient (Wildman–Crippen LogP) is 1.44. The largest absolute Gasteiger partial charge is 0.548 e. The lowest BCUT2D eigenvalue weighted by atomic mass is 10.0. The number of aliphatic carboxylic acids is 1. The van der Waals surface area contributed by atoms with Crippen LogP contribution < -0.4 is 20.9 Å². The number of amidine groups is 1. The van der Waals surface area contributed by atoms with Gasteiger partial charge in [0.05, 0.1) is 18.6 Å². The SMILES string of the molecule is CCOc1cc(CN2CCN(C)CC2)cc(C(Nc2ccc(C(=N)N)cc2)C(=O)[O-])c1.Cl. The number of likely N-dealkylation sites (N-methyl/N-ethyl adjacent to an activating group) is 1. The summed E-state index contributed by atoms with van der Waals surface area (Å²) < 4.78 is 5.71. The van der Waals surface area contributed by atoms with Crippen molar-refractivity contribution in [2.75, 3.05) is 45.2 Å². The zero-order chi connectivity index (χ0) is 22.4. The number of rotatable bonds is 9. The van der Waals surface area contributed by atoms with E-state index >= 15 is 0 Å². The Hall–Kier alpha value is -2.81. The smallest absolute Gasteiger partial charge is 0.122 e. The Morgan fingerprint density at radius 2 is 1.84 bits per heavy atom. The summed E-state index contributed by atoms with van der Waals surface area (Å²) in [4.78, 5) is 16.7. The Morgan fingerprint density at radius 1 is 1.19 bits per heavy atom. The van der Waals surface area contributed by atoms with E-state index in [-0.39, 0.29) is 18.2 Å². The third kappa shape index (κ3) is 6.85. The number of hydrogen-bond acceptors (Lipinski definition) is 7. The van der Waals surface area contributed by atoms with E-state index < -0.39 is 12.0 Å². The number of piperazine rings is 1. The lowest BCUT2D eigenvalue weighted by Gasteiger charge is -2.32. The van der Waals surface area contributed by atoms with Crippen LogP contribution in [0.25, 0.3) is 0 Å². The highest BCUT2D eigenvalue weighted by atomic mass is 35.5. The summed E-state index contributed by atoms with van der Waals surface area (Å²) in [6.07, 6.45) is 0. The Balaban J connectivity index is 0.00000363. The summed E-state index contributed by atoms with van der Waals surface area (Å²) in [5.74, 6) is -0.625. The fourth-order valence-corrected chi connectivity index (χ4v) is 3.65. The van der Waals surface area contributed by atoms with Crippen molar-refractivity contribution in [2.45, 2.75) is 19.5 Å². The quantitative estimate of drug-likeness (QED) is 0.382. The first-order valence-corrected chi connectivity index (χ1v) is 10.4. The third-order valence-corrected chi connectivity index (χ3v) is 5.38. The van der Waals surface area contributed by atoms with Gasteiger partial charge in [-0.15, -0.1) is 12.4 Å². The van der Waals surface area contributed by atoms with Gasteiger partial charge in [-0.1, -0.05) is 6.07 Å². The number of nitrogens with one attached hydrogen (secondary N) is 2. The maximum absolute atomic E-state index is 12.0. The molecule has 0 bridgehead atoms. The summed E-state index contributed by atoms with van der Waals surface area (Å²) in [5.41, 5.74) is 8.24. The molecule has 4 N–H and O–H groups in total. The van der Waals surface area contributed by atoms with Crippen molar-refractivity contribution in [3.05, 3.63) is 59.2 Å². The van der Waals surface area contributed by atoms with Crippen molar-refractivity contribution < 1.29 is 14.6 Å². The normalized spacial score (nSPS) is 15.4. The zero-order valence-corrected chi connectivity index (χ0v) is 19.3. The molecule has 8 nitrogen and oxygen atoms in total. The van der Waals surface area contributed by atoms with Crippen LogP contribution >= 0.6 is 12.4 Å². The van der Waals surface area contributed by atoms with Crippen molar-refractivity contribution in [3.63, 3.8) is 0 Å². The first-order chi connectivity index (χ1) is 14.9. The molecule has 2 aromatic rings. The molecule has 1 unspecified atom stereocenters. The van der Waals surface area contributed by atoms with Gasteiger partial charge in [-0.05, 0) is 61.5 Å². The standard InChI is InChI=1S/C23H31N5O3.ClH/c1-3-31-20-13-16(15-28-10-8-27(2)9-11-28)12-18(14-20)21(23(29)30)26-19-6-4-17(5-7-19)22(24)25;/h4-7,12-14,21,26H,3,8-11,15H2,1-2H3,(H3,24,25)(H,29,30);1H/p-1. The lowest BCUT2D eigenvalue weighted by Crippen LogP contribution is -2.43. The minimum absolute atomic E-state index is 0. The third-order valence-electron chi connectivity index (χ3n) is 5.38. The molecule has 9 heteroatoms. The van der Waals surface area contributed by atoms with Crippen LogP contribution in [-0.2, 0) is 11.3 Å². The van der Waals surface area contributed by atoms with Gasteiger partial charge in [-0.25, -0.2) is 0 Å². The Morgan fingerprint density at radius 3 is 2.41 bits per heavy atom. The molecule has 2 aromatic carbocycles. The lowest BCUT2D eigenvalue weighted by molar-refractivity contribution is -0.307. The molecule has 1 atom stereocenters. The van der Waals surface area contributed by atoms with Crippen LogP contribution in [0, 0.1) is 5.41 Å². The monoisotopic (exact) mass is 460 g/mol. The highest BCUT2D eigenvalue weighted by molar-refractivity contribution is 5.95. The molecule has 3 rings (SSSR count). The second-order valence-corrected chi connectivity index (χ2v) is 7.81. The highest BCUT2D eigenvalue weighted by Crippen LogP contribution is 2.26. The number of nitrogens with zero attached hydrogens (tertiary/aromatic N) is 2. The molecule has 0 spiro atoms. The predicted molar refractivity (Wildman–Crippen MR) is 126 cm³/mol. The molecular formula is C23H31ClN5O3-. The number of anilines is 1. The van der Waals surface area contributed by atoms with Crippen molar-refractivity contribution in [3.8, 4) is 5.75 Å². The number of ether oxygens (including phenoxy) is 1. The van der Waals surface area contributed by atoms with Crippen LogP contribution in [0.3, 0.4) is 0 Å². The number of carboxylic acids is 1. The summed E-state index contributed by atoms with van der Waals surface area (Å²) in [5, 5.41) is 22.5. The molecule has 0 radical (unpaired) electrons. The molecule has 0 aromatic heterocycles. The first kappa shape index (κ1) is 25.5. The molecule has 1 fully saturated rings. The summed E-state index contributed by atoms with van der Waals surface area (Å²) in [6, 6.07) is 11.3. The first-order valence-electron chi connectivity index (χ1n) is 10.4. The van der Waals surface area contributed by atoms with E-state index in [4.69, 9.17) is 15.9 Å². The summed E-state index contributed by atoms with van der Waals surface area (Å²) in [6.45, 7) is 7.08. The van der Waals surface area contributed by atoms with Crippen molar-refractivity contribution in [2.24, 2.45) is 5.73 Å². The molecule has 1 heterocycles. The van der Waals surface area contributed by atoms with Gasteiger partial charge in [-0.3, -0.25) is 10.3 Å². The number of nitrogen functional groups attached to an aromatic ring is 1. The second-order valence-electron chi connectivity index (χ2n) is 7.81. The number of hydrogen-bond donors (Lipinski definition) is 3. The molecule has 1 aliphatic heterocycles. The molecular weight excluding hydrogens is 430 g/mol. The van der Waals surface area contributed by atoms with E-state index in [1.165, 1.54) is 0 Å². The van der Waals surface area contributed by atoms with Gasteiger partial charge in [0.2, 0.25) is 0 Å². The second kappa shape index (κ2) is 11.7. The van der Waals surface area contributed by atoms with Gasteiger partial charge in [0.25, 0.3) is 0 Å². The Labute approximate surface area is 195 Å². The van der Waals surface area contributed by atoms with E-state index in [0.717, 1.165) is 38.3 Å². The average molecular weight is 461 g/mol. The number of carbonyl (C=O) groups excluding carboxylic acids is 1. The topological polar surface area (TPSA) is 118 Å². The number of carbonyl (C=O) groups is 1. The van der Waals surface area contributed by atoms with E-state index in [1.54, 1.807) is 30.3 Å². The van der Waals surface area contributed by atoms with Crippen molar-refractivity contribution in [1.82, 2.24) is 9.80 Å². The van der Waals surface area contributed by atoms with Gasteiger partial charge >= 0.3 is 0 Å². The molecule has 0 aliphatic carbocycles. The molecule has 1 aliphatic rings. The van der Waals surface area contributed by atoms with Gasteiger partial charge in [0.1, 0.15) is 11.6 Å². The zero-order valence-electron chi connectivity index (χ0n) is 18.5. The summed E-state index contributed by atoms with van der Waals surface area (Å²) >= 11 is 0. The molecule has 0 amide bonds. The number of carboxylic acid groups (broad SMARTS) is 1. The molecule has 0 saturated carbocycles. The molecule has 1 saturated heterocycles. The fraction of sp³-hybridized carbons (Fsp3) is 0.391. The fourth-order valence-electron chi connectivity index (χ4n) is 3.65. The Bertz CT molecular complexity index is 914. The van der Waals surface area contributed by atoms with E-state index in [0.29, 0.717) is 29.2 Å². The maximum Gasteiger partial charge on any atom is 0.122 e. The van der Waals surface area contributed by atoms with Crippen LogP contribution in [-0.4, -0.2) is 61.4 Å². The van der Waals surface area contributed by atoms with Crippen LogP contribution in [0.4, 0.5) is 5.69 Å².